The number of aryl methyl sites for hydroxylation is 1. The molecule has 13 heavy (non-hydrogen) atoms. The lowest BCUT2D eigenvalue weighted by Crippen LogP contribution is -2.21. The summed E-state index contributed by atoms with van der Waals surface area (Å²) in [5.74, 6) is 2.19. The summed E-state index contributed by atoms with van der Waals surface area (Å²) < 4.78 is 2.02. The number of hydrogen-bond acceptors (Lipinski definition) is 3. The fraction of sp³-hybridized carbons (Fsp3) is 0.667. The minimum absolute atomic E-state index is 0.598. The third kappa shape index (κ3) is 1.99. The summed E-state index contributed by atoms with van der Waals surface area (Å²) in [5.41, 5.74) is 0. The highest BCUT2D eigenvalue weighted by Crippen LogP contribution is 2.27. The molecule has 72 valence electrons. The molecular weight excluding hydrogens is 182 g/mol. The van der Waals surface area contributed by atoms with Crippen molar-refractivity contribution < 1.29 is 0 Å². The normalized spacial score (nSPS) is 27.8. The van der Waals surface area contributed by atoms with E-state index >= 15 is 0 Å². The molecule has 0 aromatic carbocycles. The highest BCUT2D eigenvalue weighted by atomic mass is 32.2. The van der Waals surface area contributed by atoms with Crippen LogP contribution in [0, 0.1) is 0 Å². The maximum absolute atomic E-state index is 4.25. The van der Waals surface area contributed by atoms with Gasteiger partial charge in [-0.25, -0.2) is 4.98 Å². The summed E-state index contributed by atoms with van der Waals surface area (Å²) in [6.45, 7) is 2.28. The van der Waals surface area contributed by atoms with Crippen LogP contribution in [0.1, 0.15) is 13.3 Å². The van der Waals surface area contributed by atoms with Crippen molar-refractivity contribution in [3.8, 4) is 0 Å². The van der Waals surface area contributed by atoms with Crippen molar-refractivity contribution in [2.24, 2.45) is 7.05 Å². The molecule has 0 aliphatic carbocycles. The van der Waals surface area contributed by atoms with Crippen LogP contribution in [0.2, 0.25) is 0 Å². The number of hydrogen-bond donors (Lipinski definition) is 1. The van der Waals surface area contributed by atoms with E-state index in [0.29, 0.717) is 6.04 Å². The zero-order chi connectivity index (χ0) is 9.26. The van der Waals surface area contributed by atoms with Crippen LogP contribution in [-0.2, 0) is 7.05 Å². The van der Waals surface area contributed by atoms with Gasteiger partial charge in [0.2, 0.25) is 5.95 Å². The first-order valence-electron chi connectivity index (χ1n) is 4.61. The van der Waals surface area contributed by atoms with E-state index in [0.717, 1.165) is 11.2 Å². The van der Waals surface area contributed by atoms with Gasteiger partial charge in [0.1, 0.15) is 0 Å². The van der Waals surface area contributed by atoms with Crippen LogP contribution in [0.15, 0.2) is 12.4 Å². The Morgan fingerprint density at radius 1 is 1.69 bits per heavy atom. The van der Waals surface area contributed by atoms with Crippen LogP contribution in [0.4, 0.5) is 5.95 Å². The van der Waals surface area contributed by atoms with E-state index < -0.39 is 0 Å². The van der Waals surface area contributed by atoms with Gasteiger partial charge in [-0.1, -0.05) is 6.92 Å². The second kappa shape index (κ2) is 3.62. The van der Waals surface area contributed by atoms with E-state index in [1.165, 1.54) is 12.2 Å². The fourth-order valence-corrected chi connectivity index (χ4v) is 2.75. The van der Waals surface area contributed by atoms with Crippen molar-refractivity contribution in [2.45, 2.75) is 24.6 Å². The highest BCUT2D eigenvalue weighted by Gasteiger charge is 2.22. The molecule has 0 radical (unpaired) electrons. The largest absolute Gasteiger partial charge is 0.352 e. The molecular formula is C9H15N3S. The first-order valence-corrected chi connectivity index (χ1v) is 5.66. The molecule has 3 nitrogen and oxygen atoms in total. The van der Waals surface area contributed by atoms with Gasteiger partial charge in [-0.3, -0.25) is 0 Å². The monoisotopic (exact) mass is 197 g/mol. The van der Waals surface area contributed by atoms with Gasteiger partial charge in [-0.05, 0) is 6.42 Å². The Bertz CT molecular complexity index is 284. The second-order valence-corrected chi connectivity index (χ2v) is 5.05. The molecule has 1 N–H and O–H groups in total. The van der Waals surface area contributed by atoms with Gasteiger partial charge < -0.3 is 9.88 Å². The smallest absolute Gasteiger partial charge is 0.202 e. The zero-order valence-corrected chi connectivity index (χ0v) is 8.84. The molecule has 4 heteroatoms. The molecule has 2 atom stereocenters. The number of thioether (sulfide) groups is 1. The quantitative estimate of drug-likeness (QED) is 0.783. The molecule has 0 bridgehead atoms. The maximum Gasteiger partial charge on any atom is 0.202 e. The predicted molar refractivity (Wildman–Crippen MR) is 57.2 cm³/mol. The average Bonchev–Trinajstić information content (AvgIpc) is 2.64. The van der Waals surface area contributed by atoms with Gasteiger partial charge in [0, 0.05) is 36.5 Å². The second-order valence-electron chi connectivity index (χ2n) is 3.58. The summed E-state index contributed by atoms with van der Waals surface area (Å²) in [6, 6.07) is 0.598. The molecule has 2 unspecified atom stereocenters. The van der Waals surface area contributed by atoms with E-state index in [-0.39, 0.29) is 0 Å². The lowest BCUT2D eigenvalue weighted by molar-refractivity contribution is 0.729. The number of imidazole rings is 1. The molecule has 2 rings (SSSR count). The minimum atomic E-state index is 0.598. The Labute approximate surface area is 82.9 Å². The van der Waals surface area contributed by atoms with Crippen LogP contribution in [-0.4, -0.2) is 26.6 Å². The van der Waals surface area contributed by atoms with Crippen LogP contribution < -0.4 is 5.32 Å². The lowest BCUT2D eigenvalue weighted by Gasteiger charge is -2.11. The summed E-state index contributed by atoms with van der Waals surface area (Å²) in [7, 11) is 2.01. The highest BCUT2D eigenvalue weighted by molar-refractivity contribution is 8.00. The molecule has 1 fully saturated rings. The summed E-state index contributed by atoms with van der Waals surface area (Å²) >= 11 is 2.03. The van der Waals surface area contributed by atoms with E-state index in [1.54, 1.807) is 0 Å². The zero-order valence-electron chi connectivity index (χ0n) is 8.03. The molecule has 0 spiro atoms. The first-order chi connectivity index (χ1) is 6.25. The number of nitrogens with zero attached hydrogens (tertiary/aromatic N) is 2. The molecule has 2 heterocycles. The van der Waals surface area contributed by atoms with Gasteiger partial charge >= 0.3 is 0 Å². The van der Waals surface area contributed by atoms with Gasteiger partial charge in [-0.15, -0.1) is 0 Å². The van der Waals surface area contributed by atoms with Crippen molar-refractivity contribution in [1.82, 2.24) is 9.55 Å². The van der Waals surface area contributed by atoms with E-state index in [2.05, 4.69) is 17.2 Å². The topological polar surface area (TPSA) is 29.9 Å². The lowest BCUT2D eigenvalue weighted by atomic mass is 10.2. The Hall–Kier alpha value is -0.640. The summed E-state index contributed by atoms with van der Waals surface area (Å²) in [5, 5.41) is 4.24. The SMILES string of the molecule is CC1CC(Nc2nccn2C)CS1. The van der Waals surface area contributed by atoms with Crippen LogP contribution in [0.5, 0.6) is 0 Å². The van der Waals surface area contributed by atoms with Crippen molar-refractivity contribution in [3.63, 3.8) is 0 Å². The Morgan fingerprint density at radius 2 is 2.54 bits per heavy atom. The van der Waals surface area contributed by atoms with E-state index in [9.17, 15) is 0 Å². The van der Waals surface area contributed by atoms with Crippen LogP contribution >= 0.6 is 11.8 Å². The molecule has 1 aromatic rings. The Balaban J connectivity index is 1.95. The maximum atomic E-state index is 4.25. The standard InChI is InChI=1S/C9H15N3S/c1-7-5-8(6-13-7)11-9-10-3-4-12(9)2/h3-4,7-8H,5-6H2,1-2H3,(H,10,11). The average molecular weight is 197 g/mol. The predicted octanol–water partition coefficient (Wildman–Crippen LogP) is 1.73. The van der Waals surface area contributed by atoms with Crippen molar-refractivity contribution in [2.75, 3.05) is 11.1 Å². The first kappa shape index (κ1) is 8.94. The fourth-order valence-electron chi connectivity index (χ4n) is 1.61. The minimum Gasteiger partial charge on any atom is -0.352 e. The molecule has 1 aliphatic rings. The van der Waals surface area contributed by atoms with Crippen molar-refractivity contribution in [1.29, 1.82) is 0 Å². The Kier molecular flexibility index (Phi) is 2.49. The van der Waals surface area contributed by atoms with Gasteiger partial charge in [-0.2, -0.15) is 11.8 Å². The van der Waals surface area contributed by atoms with Gasteiger partial charge in [0.25, 0.3) is 0 Å². The third-order valence-electron chi connectivity index (χ3n) is 2.35. The molecule has 0 saturated carbocycles. The van der Waals surface area contributed by atoms with Crippen molar-refractivity contribution in [3.05, 3.63) is 12.4 Å². The van der Waals surface area contributed by atoms with Crippen molar-refractivity contribution >= 4 is 17.7 Å². The number of anilines is 1. The van der Waals surface area contributed by atoms with Crippen LogP contribution in [0.25, 0.3) is 0 Å². The van der Waals surface area contributed by atoms with E-state index in [4.69, 9.17) is 0 Å². The number of rotatable bonds is 2. The Morgan fingerprint density at radius 3 is 3.08 bits per heavy atom. The number of aromatic nitrogens is 2. The van der Waals surface area contributed by atoms with Gasteiger partial charge in [0.15, 0.2) is 0 Å². The molecule has 1 saturated heterocycles. The molecule has 0 amide bonds. The molecule has 1 aromatic heterocycles. The third-order valence-corrected chi connectivity index (χ3v) is 3.71. The summed E-state index contributed by atoms with van der Waals surface area (Å²) in [4.78, 5) is 4.25. The van der Waals surface area contributed by atoms with E-state index in [1.807, 2.05) is 35.8 Å². The van der Waals surface area contributed by atoms with Crippen LogP contribution in [0.3, 0.4) is 0 Å². The molecule has 1 aliphatic heterocycles. The number of nitrogens with one attached hydrogen (secondary N) is 1. The summed E-state index contributed by atoms with van der Waals surface area (Å²) in [6.07, 6.45) is 5.04. The van der Waals surface area contributed by atoms with Gasteiger partial charge in [0.05, 0.1) is 0 Å².